The van der Waals surface area contributed by atoms with Crippen LogP contribution in [0.4, 0.5) is 10.5 Å². The van der Waals surface area contributed by atoms with Gasteiger partial charge in [-0.2, -0.15) is 0 Å². The largest absolute Gasteiger partial charge is 0.352 e. The van der Waals surface area contributed by atoms with Crippen LogP contribution in [-0.2, 0) is 9.47 Å². The second kappa shape index (κ2) is 9.20. The van der Waals surface area contributed by atoms with E-state index in [1.54, 1.807) is 24.3 Å². The van der Waals surface area contributed by atoms with Crippen LogP contribution < -0.4 is 5.32 Å². The molecular formula is C13H18ClNO3S. The average Bonchev–Trinajstić information content (AvgIpc) is 2.39. The van der Waals surface area contributed by atoms with Gasteiger partial charge in [-0.25, -0.2) is 0 Å². The number of hydrogen-bond acceptors (Lipinski definition) is 4. The van der Waals surface area contributed by atoms with Gasteiger partial charge in [0.2, 0.25) is 0 Å². The Morgan fingerprint density at radius 3 is 2.37 bits per heavy atom. The molecule has 0 heterocycles. The van der Waals surface area contributed by atoms with Crippen molar-refractivity contribution in [3.05, 3.63) is 29.3 Å². The second-order valence-electron chi connectivity index (χ2n) is 3.57. The van der Waals surface area contributed by atoms with Crippen molar-refractivity contribution in [1.29, 1.82) is 0 Å². The summed E-state index contributed by atoms with van der Waals surface area (Å²) in [7, 11) is 0. The Balaban J connectivity index is 2.35. The zero-order valence-electron chi connectivity index (χ0n) is 11.0. The Kier molecular flexibility index (Phi) is 7.90. The molecule has 1 N–H and O–H groups in total. The third-order valence-electron chi connectivity index (χ3n) is 2.15. The Morgan fingerprint density at radius 1 is 1.26 bits per heavy atom. The fourth-order valence-electron chi connectivity index (χ4n) is 1.35. The summed E-state index contributed by atoms with van der Waals surface area (Å²) in [6.07, 6.45) is -0.351. The maximum absolute atomic E-state index is 11.7. The van der Waals surface area contributed by atoms with Crippen molar-refractivity contribution in [3.8, 4) is 0 Å². The molecule has 0 unspecified atom stereocenters. The van der Waals surface area contributed by atoms with Crippen LogP contribution in [-0.4, -0.2) is 30.5 Å². The van der Waals surface area contributed by atoms with Crippen molar-refractivity contribution in [2.75, 3.05) is 24.3 Å². The lowest BCUT2D eigenvalue weighted by atomic mass is 10.3. The van der Waals surface area contributed by atoms with Crippen molar-refractivity contribution in [3.63, 3.8) is 0 Å². The Labute approximate surface area is 122 Å². The number of carbonyl (C=O) groups excluding carboxylic acids is 1. The molecule has 1 aromatic rings. The van der Waals surface area contributed by atoms with Gasteiger partial charge < -0.3 is 14.8 Å². The van der Waals surface area contributed by atoms with Gasteiger partial charge in [0, 0.05) is 23.9 Å². The molecule has 0 aliphatic heterocycles. The lowest BCUT2D eigenvalue weighted by molar-refractivity contribution is -0.119. The fraction of sp³-hybridized carbons (Fsp3) is 0.462. The standard InChI is InChI=1S/C13H18ClNO3S/c1-3-17-12(18-4-2)9-19-13(16)15-11-7-5-10(14)6-8-11/h5-8,12H,3-4,9H2,1-2H3,(H,15,16). The van der Waals surface area contributed by atoms with Gasteiger partial charge in [-0.1, -0.05) is 23.4 Å². The van der Waals surface area contributed by atoms with Crippen molar-refractivity contribution in [2.45, 2.75) is 20.1 Å². The number of carbonyl (C=O) groups is 1. The minimum atomic E-state index is -0.351. The molecule has 106 valence electrons. The maximum atomic E-state index is 11.7. The molecule has 6 heteroatoms. The molecule has 4 nitrogen and oxygen atoms in total. The molecule has 19 heavy (non-hydrogen) atoms. The molecule has 0 bridgehead atoms. The summed E-state index contributed by atoms with van der Waals surface area (Å²) in [6.45, 7) is 4.91. The topological polar surface area (TPSA) is 47.6 Å². The van der Waals surface area contributed by atoms with E-state index < -0.39 is 0 Å². The van der Waals surface area contributed by atoms with E-state index in [9.17, 15) is 4.79 Å². The monoisotopic (exact) mass is 303 g/mol. The SMILES string of the molecule is CCOC(CSC(=O)Nc1ccc(Cl)cc1)OCC. The van der Waals surface area contributed by atoms with Gasteiger partial charge >= 0.3 is 0 Å². The van der Waals surface area contributed by atoms with Crippen LogP contribution in [0, 0.1) is 0 Å². The molecule has 0 aromatic heterocycles. The van der Waals surface area contributed by atoms with Gasteiger partial charge in [0.25, 0.3) is 5.24 Å². The zero-order chi connectivity index (χ0) is 14.1. The summed E-state index contributed by atoms with van der Waals surface area (Å²) in [5, 5.41) is 3.25. The molecule has 0 saturated carbocycles. The number of nitrogens with one attached hydrogen (secondary N) is 1. The first-order valence-corrected chi connectivity index (χ1v) is 7.44. The molecule has 0 aliphatic carbocycles. The Bertz CT molecular complexity index is 380. The van der Waals surface area contributed by atoms with Gasteiger partial charge in [-0.15, -0.1) is 0 Å². The number of rotatable bonds is 7. The van der Waals surface area contributed by atoms with Crippen LogP contribution >= 0.6 is 23.4 Å². The number of anilines is 1. The van der Waals surface area contributed by atoms with E-state index in [-0.39, 0.29) is 11.5 Å². The average molecular weight is 304 g/mol. The number of benzene rings is 1. The molecule has 1 amide bonds. The molecule has 1 aromatic carbocycles. The quantitative estimate of drug-likeness (QED) is 0.773. The summed E-state index contributed by atoms with van der Waals surface area (Å²) in [6, 6.07) is 6.96. The highest BCUT2D eigenvalue weighted by Gasteiger charge is 2.11. The summed E-state index contributed by atoms with van der Waals surface area (Å²) < 4.78 is 10.7. The molecular weight excluding hydrogens is 286 g/mol. The van der Waals surface area contributed by atoms with Crippen molar-refractivity contribution in [2.24, 2.45) is 0 Å². The van der Waals surface area contributed by atoms with E-state index in [0.717, 1.165) is 11.8 Å². The van der Waals surface area contributed by atoms with Crippen molar-refractivity contribution < 1.29 is 14.3 Å². The number of amides is 1. The Morgan fingerprint density at radius 2 is 1.84 bits per heavy atom. The smallest absolute Gasteiger partial charge is 0.283 e. The predicted molar refractivity (Wildman–Crippen MR) is 80.0 cm³/mol. The number of halogens is 1. The van der Waals surface area contributed by atoms with Crippen LogP contribution in [0.15, 0.2) is 24.3 Å². The predicted octanol–water partition coefficient (Wildman–Crippen LogP) is 4.00. The molecule has 0 saturated heterocycles. The van der Waals surface area contributed by atoms with E-state index in [4.69, 9.17) is 21.1 Å². The highest BCUT2D eigenvalue weighted by atomic mass is 35.5. The van der Waals surface area contributed by atoms with Crippen LogP contribution in [0.1, 0.15) is 13.8 Å². The van der Waals surface area contributed by atoms with E-state index in [2.05, 4.69) is 5.32 Å². The third-order valence-corrected chi connectivity index (χ3v) is 3.20. The molecule has 0 spiro atoms. The highest BCUT2D eigenvalue weighted by Crippen LogP contribution is 2.16. The number of hydrogen-bond donors (Lipinski definition) is 1. The van der Waals surface area contributed by atoms with Gasteiger partial charge in [0.1, 0.15) is 0 Å². The molecule has 0 atom stereocenters. The summed E-state index contributed by atoms with van der Waals surface area (Å²) in [5.41, 5.74) is 0.714. The minimum absolute atomic E-state index is 0.147. The normalized spacial score (nSPS) is 10.7. The summed E-state index contributed by atoms with van der Waals surface area (Å²) in [4.78, 5) is 11.7. The van der Waals surface area contributed by atoms with E-state index in [1.807, 2.05) is 13.8 Å². The lowest BCUT2D eigenvalue weighted by Gasteiger charge is -2.15. The van der Waals surface area contributed by atoms with Gasteiger partial charge in [-0.3, -0.25) is 4.79 Å². The third kappa shape index (κ3) is 6.82. The van der Waals surface area contributed by atoms with Crippen LogP contribution in [0.2, 0.25) is 5.02 Å². The number of thioether (sulfide) groups is 1. The lowest BCUT2D eigenvalue weighted by Crippen LogP contribution is -2.21. The van der Waals surface area contributed by atoms with E-state index in [0.29, 0.717) is 29.7 Å². The van der Waals surface area contributed by atoms with Gasteiger partial charge in [0.05, 0.1) is 5.75 Å². The second-order valence-corrected chi connectivity index (χ2v) is 5.00. The number of ether oxygens (including phenoxy) is 2. The molecule has 0 radical (unpaired) electrons. The molecule has 0 aliphatic rings. The molecule has 1 rings (SSSR count). The first-order valence-electron chi connectivity index (χ1n) is 6.08. The van der Waals surface area contributed by atoms with Crippen LogP contribution in [0.3, 0.4) is 0 Å². The molecule has 0 fully saturated rings. The first kappa shape index (κ1) is 16.3. The first-order chi connectivity index (χ1) is 9.15. The van der Waals surface area contributed by atoms with Crippen molar-refractivity contribution >= 4 is 34.3 Å². The van der Waals surface area contributed by atoms with Gasteiger partial charge in [-0.05, 0) is 38.1 Å². The zero-order valence-corrected chi connectivity index (χ0v) is 12.6. The van der Waals surface area contributed by atoms with Crippen molar-refractivity contribution in [1.82, 2.24) is 0 Å². The van der Waals surface area contributed by atoms with Crippen LogP contribution in [0.5, 0.6) is 0 Å². The Hall–Kier alpha value is -0.750. The summed E-state index contributed by atoms with van der Waals surface area (Å²) >= 11 is 6.90. The van der Waals surface area contributed by atoms with Gasteiger partial charge in [0.15, 0.2) is 6.29 Å². The van der Waals surface area contributed by atoms with E-state index >= 15 is 0 Å². The van der Waals surface area contributed by atoms with E-state index in [1.165, 1.54) is 0 Å². The highest BCUT2D eigenvalue weighted by molar-refractivity contribution is 8.13. The van der Waals surface area contributed by atoms with Crippen LogP contribution in [0.25, 0.3) is 0 Å². The minimum Gasteiger partial charge on any atom is -0.352 e. The summed E-state index contributed by atoms with van der Waals surface area (Å²) in [5.74, 6) is 0.459. The maximum Gasteiger partial charge on any atom is 0.283 e. The fourth-order valence-corrected chi connectivity index (χ4v) is 2.14.